The Hall–Kier alpha value is -4.05. The van der Waals surface area contributed by atoms with Gasteiger partial charge in [0.15, 0.2) is 0 Å². The lowest BCUT2D eigenvalue weighted by atomic mass is 10.0. The Labute approximate surface area is 237 Å². The summed E-state index contributed by atoms with van der Waals surface area (Å²) in [6, 6.07) is 19.3. The SMILES string of the molecule is CC(=O)O[C@@H](C(=O)NCCc1nc(Cc2ccccc2)cs1)[C@@H](OC(C)=O)C(=O)N1CCCC1c1ccccc1. The van der Waals surface area contributed by atoms with Crippen molar-refractivity contribution in [3.63, 3.8) is 0 Å². The second-order valence-corrected chi connectivity index (χ2v) is 10.5. The highest BCUT2D eigenvalue weighted by atomic mass is 32.1. The summed E-state index contributed by atoms with van der Waals surface area (Å²) in [5, 5.41) is 5.55. The zero-order chi connectivity index (χ0) is 28.5. The van der Waals surface area contributed by atoms with Crippen LogP contribution in [0.2, 0.25) is 0 Å². The van der Waals surface area contributed by atoms with E-state index in [0.717, 1.165) is 48.5 Å². The van der Waals surface area contributed by atoms with E-state index in [1.807, 2.05) is 66.0 Å². The molecule has 1 aromatic heterocycles. The number of hydrogen-bond acceptors (Lipinski definition) is 8. The number of benzene rings is 2. The van der Waals surface area contributed by atoms with Crippen LogP contribution in [0, 0.1) is 0 Å². The molecule has 1 saturated heterocycles. The van der Waals surface area contributed by atoms with Gasteiger partial charge in [0, 0.05) is 45.2 Å². The van der Waals surface area contributed by atoms with E-state index in [0.29, 0.717) is 19.4 Å². The topological polar surface area (TPSA) is 115 Å². The first kappa shape index (κ1) is 28.9. The molecular weight excluding hydrogens is 530 g/mol. The van der Waals surface area contributed by atoms with Crippen molar-refractivity contribution in [2.24, 2.45) is 0 Å². The van der Waals surface area contributed by atoms with Crippen molar-refractivity contribution in [1.29, 1.82) is 0 Å². The standard InChI is InChI=1S/C30H33N3O6S/c1-20(34)38-27(29(36)31-16-15-26-32-24(19-40-26)18-22-10-5-3-6-11-22)28(39-21(2)35)30(37)33-17-9-14-25(33)23-12-7-4-8-13-23/h3-8,10-13,19,25,27-28H,9,14-18H2,1-2H3,(H,31,36)/t25?,27-,28-/m1/s1. The number of hydrogen-bond donors (Lipinski definition) is 1. The van der Waals surface area contributed by atoms with Gasteiger partial charge in [-0.05, 0) is 24.0 Å². The van der Waals surface area contributed by atoms with Crippen LogP contribution in [-0.4, -0.2) is 58.9 Å². The average Bonchev–Trinajstić information content (AvgIpc) is 3.61. The van der Waals surface area contributed by atoms with Crippen LogP contribution in [0.15, 0.2) is 66.0 Å². The van der Waals surface area contributed by atoms with E-state index in [-0.39, 0.29) is 12.6 Å². The van der Waals surface area contributed by atoms with Gasteiger partial charge in [0.25, 0.3) is 11.8 Å². The number of ether oxygens (including phenoxy) is 2. The summed E-state index contributed by atoms with van der Waals surface area (Å²) in [5.41, 5.74) is 3.04. The summed E-state index contributed by atoms with van der Waals surface area (Å²) in [7, 11) is 0. The van der Waals surface area contributed by atoms with Gasteiger partial charge in [0.2, 0.25) is 12.2 Å². The van der Waals surface area contributed by atoms with E-state index in [9.17, 15) is 19.2 Å². The number of nitrogens with one attached hydrogen (secondary N) is 1. The fraction of sp³-hybridized carbons (Fsp3) is 0.367. The van der Waals surface area contributed by atoms with Crippen LogP contribution in [0.3, 0.4) is 0 Å². The van der Waals surface area contributed by atoms with E-state index < -0.39 is 36.0 Å². The van der Waals surface area contributed by atoms with E-state index in [1.165, 1.54) is 11.3 Å². The van der Waals surface area contributed by atoms with Crippen LogP contribution in [0.4, 0.5) is 0 Å². The predicted molar refractivity (Wildman–Crippen MR) is 149 cm³/mol. The second kappa shape index (κ2) is 13.8. The highest BCUT2D eigenvalue weighted by Crippen LogP contribution is 2.33. The van der Waals surface area contributed by atoms with Crippen molar-refractivity contribution in [2.75, 3.05) is 13.1 Å². The number of carbonyl (C=O) groups excluding carboxylic acids is 4. The van der Waals surface area contributed by atoms with Crippen LogP contribution in [-0.2, 0) is 41.5 Å². The molecule has 1 unspecified atom stereocenters. The maximum Gasteiger partial charge on any atom is 0.303 e. The van der Waals surface area contributed by atoms with Gasteiger partial charge in [-0.3, -0.25) is 19.2 Å². The molecule has 1 aliphatic rings. The lowest BCUT2D eigenvalue weighted by molar-refractivity contribution is -0.178. The zero-order valence-corrected chi connectivity index (χ0v) is 23.4. The predicted octanol–water partition coefficient (Wildman–Crippen LogP) is 3.62. The number of thiazole rings is 1. The highest BCUT2D eigenvalue weighted by Gasteiger charge is 2.44. The smallest absolute Gasteiger partial charge is 0.303 e. The quantitative estimate of drug-likeness (QED) is 0.355. The second-order valence-electron chi connectivity index (χ2n) is 9.60. The summed E-state index contributed by atoms with van der Waals surface area (Å²) in [4.78, 5) is 57.1. The summed E-state index contributed by atoms with van der Waals surface area (Å²) >= 11 is 1.50. The Balaban J connectivity index is 1.43. The van der Waals surface area contributed by atoms with Crippen LogP contribution < -0.4 is 5.32 Å². The fourth-order valence-corrected chi connectivity index (χ4v) is 5.61. The van der Waals surface area contributed by atoms with Crippen molar-refractivity contribution in [1.82, 2.24) is 15.2 Å². The Kier molecular flexibility index (Phi) is 10.0. The summed E-state index contributed by atoms with van der Waals surface area (Å²) < 4.78 is 10.6. The first-order chi connectivity index (χ1) is 19.3. The lowest BCUT2D eigenvalue weighted by Gasteiger charge is -2.31. The Morgan fingerprint density at radius 1 is 0.975 bits per heavy atom. The third-order valence-electron chi connectivity index (χ3n) is 6.55. The van der Waals surface area contributed by atoms with E-state index >= 15 is 0 Å². The van der Waals surface area contributed by atoms with Gasteiger partial charge < -0.3 is 19.7 Å². The molecule has 210 valence electrons. The molecule has 0 aliphatic carbocycles. The van der Waals surface area contributed by atoms with Gasteiger partial charge >= 0.3 is 11.9 Å². The van der Waals surface area contributed by atoms with Gasteiger partial charge in [-0.1, -0.05) is 60.7 Å². The van der Waals surface area contributed by atoms with E-state index in [1.54, 1.807) is 4.90 Å². The van der Waals surface area contributed by atoms with Gasteiger partial charge in [-0.15, -0.1) is 11.3 Å². The Morgan fingerprint density at radius 2 is 1.62 bits per heavy atom. The van der Waals surface area contributed by atoms with Gasteiger partial charge in [0.1, 0.15) is 0 Å². The molecule has 0 bridgehead atoms. The summed E-state index contributed by atoms with van der Waals surface area (Å²) in [5.74, 6) is -2.82. The Morgan fingerprint density at radius 3 is 2.30 bits per heavy atom. The molecule has 2 heterocycles. The molecule has 10 heteroatoms. The maximum absolute atomic E-state index is 13.7. The first-order valence-corrected chi connectivity index (χ1v) is 14.1. The third-order valence-corrected chi connectivity index (χ3v) is 7.51. The molecule has 9 nitrogen and oxygen atoms in total. The number of amides is 2. The van der Waals surface area contributed by atoms with Crippen molar-refractivity contribution in [2.45, 2.75) is 57.8 Å². The number of nitrogens with zero attached hydrogens (tertiary/aromatic N) is 2. The molecule has 1 aliphatic heterocycles. The van der Waals surface area contributed by atoms with Gasteiger partial charge in [0.05, 0.1) is 16.7 Å². The van der Waals surface area contributed by atoms with E-state index in [4.69, 9.17) is 9.47 Å². The van der Waals surface area contributed by atoms with Crippen molar-refractivity contribution >= 4 is 35.1 Å². The van der Waals surface area contributed by atoms with Crippen molar-refractivity contribution in [3.8, 4) is 0 Å². The molecule has 0 spiro atoms. The highest BCUT2D eigenvalue weighted by molar-refractivity contribution is 7.09. The number of rotatable bonds is 11. The number of carbonyl (C=O) groups is 4. The molecule has 2 aromatic carbocycles. The maximum atomic E-state index is 13.7. The molecule has 1 N–H and O–H groups in total. The molecule has 3 aromatic rings. The minimum Gasteiger partial charge on any atom is -0.448 e. The van der Waals surface area contributed by atoms with Gasteiger partial charge in [-0.2, -0.15) is 0 Å². The van der Waals surface area contributed by atoms with Crippen LogP contribution >= 0.6 is 11.3 Å². The zero-order valence-electron chi connectivity index (χ0n) is 22.6. The number of likely N-dealkylation sites (tertiary alicyclic amines) is 1. The molecule has 0 radical (unpaired) electrons. The molecule has 0 saturated carbocycles. The van der Waals surface area contributed by atoms with Crippen molar-refractivity contribution in [3.05, 3.63) is 87.9 Å². The summed E-state index contributed by atoms with van der Waals surface area (Å²) in [6.07, 6.45) is -0.591. The molecule has 4 rings (SSSR count). The van der Waals surface area contributed by atoms with Crippen LogP contribution in [0.25, 0.3) is 0 Å². The number of esters is 2. The van der Waals surface area contributed by atoms with E-state index in [2.05, 4.69) is 10.3 Å². The molecule has 40 heavy (non-hydrogen) atoms. The lowest BCUT2D eigenvalue weighted by Crippen LogP contribution is -2.54. The average molecular weight is 564 g/mol. The fourth-order valence-electron chi connectivity index (χ4n) is 4.81. The van der Waals surface area contributed by atoms with Crippen LogP contribution in [0.1, 0.15) is 54.6 Å². The monoisotopic (exact) mass is 563 g/mol. The third kappa shape index (κ3) is 7.75. The molecule has 3 atom stereocenters. The molecule has 2 amide bonds. The Bertz CT molecular complexity index is 1310. The number of aromatic nitrogens is 1. The van der Waals surface area contributed by atoms with Crippen molar-refractivity contribution < 1.29 is 28.7 Å². The minimum absolute atomic E-state index is 0.201. The molecular formula is C30H33N3O6S. The largest absolute Gasteiger partial charge is 0.448 e. The van der Waals surface area contributed by atoms with Crippen LogP contribution in [0.5, 0.6) is 0 Å². The first-order valence-electron chi connectivity index (χ1n) is 13.3. The molecule has 1 fully saturated rings. The van der Waals surface area contributed by atoms with Gasteiger partial charge in [-0.25, -0.2) is 4.98 Å². The summed E-state index contributed by atoms with van der Waals surface area (Å²) in [6.45, 7) is 2.92. The minimum atomic E-state index is -1.63. The normalized spacial score (nSPS) is 16.1.